The van der Waals surface area contributed by atoms with Crippen molar-refractivity contribution in [3.8, 4) is 0 Å². The molecule has 0 aromatic heterocycles. The molecule has 7 nitrogen and oxygen atoms in total. The molecule has 0 aliphatic carbocycles. The first kappa shape index (κ1) is 22.6. The molecule has 2 aliphatic rings. The third-order valence-electron chi connectivity index (χ3n) is 5.84. The maximum Gasteiger partial charge on any atom is 0.327 e. The number of nitrogens with one attached hydrogen (secondary N) is 2. The van der Waals surface area contributed by atoms with Crippen LogP contribution in [0.25, 0.3) is 0 Å². The van der Waals surface area contributed by atoms with E-state index in [2.05, 4.69) is 10.6 Å². The van der Waals surface area contributed by atoms with Crippen LogP contribution < -0.4 is 10.6 Å². The second-order valence-electron chi connectivity index (χ2n) is 7.97. The number of urea groups is 1. The van der Waals surface area contributed by atoms with E-state index in [0.717, 1.165) is 17.5 Å². The number of nitrogens with zero attached hydrogens (tertiary/aromatic N) is 2. The fraction of sp³-hybridized carbons (Fsp3) is 0.348. The maximum absolute atomic E-state index is 13.3. The minimum atomic E-state index is -0.523. The Hall–Kier alpha value is -2.61. The van der Waals surface area contributed by atoms with Gasteiger partial charge in [0.2, 0.25) is 11.8 Å². The highest BCUT2D eigenvalue weighted by Crippen LogP contribution is 2.26. The molecule has 9 heteroatoms. The number of halogens is 2. The van der Waals surface area contributed by atoms with Gasteiger partial charge in [0.15, 0.2) is 0 Å². The van der Waals surface area contributed by atoms with E-state index >= 15 is 0 Å². The van der Waals surface area contributed by atoms with Crippen molar-refractivity contribution in [3.05, 3.63) is 69.7 Å². The highest BCUT2D eigenvalue weighted by molar-refractivity contribution is 6.31. The number of carbonyl (C=O) groups excluding carboxylic acids is 3. The minimum Gasteiger partial charge on any atom is -0.350 e. The Morgan fingerprint density at radius 3 is 2.59 bits per heavy atom. The molecular weight excluding hydrogens is 451 g/mol. The van der Waals surface area contributed by atoms with E-state index in [1.165, 1.54) is 9.80 Å². The second-order valence-corrected chi connectivity index (χ2v) is 8.81. The first-order valence-electron chi connectivity index (χ1n) is 10.5. The third-order valence-corrected chi connectivity index (χ3v) is 6.46. The average molecular weight is 475 g/mol. The first-order chi connectivity index (χ1) is 15.4. The number of fused-ring (bicyclic) bond motifs is 1. The average Bonchev–Trinajstić information content (AvgIpc) is 2.80. The topological polar surface area (TPSA) is 81.8 Å². The Labute approximate surface area is 196 Å². The fourth-order valence-electron chi connectivity index (χ4n) is 4.17. The van der Waals surface area contributed by atoms with Gasteiger partial charge in [-0.2, -0.15) is 0 Å². The molecular formula is C23H24Cl2N4O3. The molecule has 2 aliphatic heterocycles. The zero-order chi connectivity index (χ0) is 22.7. The molecule has 32 heavy (non-hydrogen) atoms. The van der Waals surface area contributed by atoms with Gasteiger partial charge in [-0.25, -0.2) is 4.79 Å². The van der Waals surface area contributed by atoms with Crippen LogP contribution in [0.5, 0.6) is 0 Å². The number of hydrogen-bond donors (Lipinski definition) is 2. The van der Waals surface area contributed by atoms with E-state index in [4.69, 9.17) is 23.2 Å². The highest BCUT2D eigenvalue weighted by Gasteiger charge is 2.47. The smallest absolute Gasteiger partial charge is 0.327 e. The van der Waals surface area contributed by atoms with Crippen molar-refractivity contribution < 1.29 is 14.4 Å². The van der Waals surface area contributed by atoms with Crippen molar-refractivity contribution in [1.29, 1.82) is 0 Å². The molecule has 2 unspecified atom stereocenters. The molecule has 4 rings (SSSR count). The van der Waals surface area contributed by atoms with Crippen LogP contribution in [-0.4, -0.2) is 52.8 Å². The van der Waals surface area contributed by atoms with Crippen molar-refractivity contribution in [3.63, 3.8) is 0 Å². The van der Waals surface area contributed by atoms with E-state index < -0.39 is 12.1 Å². The van der Waals surface area contributed by atoms with Gasteiger partial charge in [-0.15, -0.1) is 0 Å². The van der Waals surface area contributed by atoms with Crippen LogP contribution in [0.4, 0.5) is 4.79 Å². The summed E-state index contributed by atoms with van der Waals surface area (Å²) in [5, 5.41) is 7.21. The predicted molar refractivity (Wildman–Crippen MR) is 122 cm³/mol. The lowest BCUT2D eigenvalue weighted by Gasteiger charge is -2.46. The summed E-state index contributed by atoms with van der Waals surface area (Å²) in [7, 11) is 0. The molecule has 2 atom stereocenters. The molecule has 0 spiro atoms. The summed E-state index contributed by atoms with van der Waals surface area (Å²) in [6.07, 6.45) is 1.50. The van der Waals surface area contributed by atoms with Crippen LogP contribution in [-0.2, 0) is 22.7 Å². The number of benzene rings is 2. The Balaban J connectivity index is 1.49. The van der Waals surface area contributed by atoms with Gasteiger partial charge in [0, 0.05) is 16.6 Å². The lowest BCUT2D eigenvalue weighted by molar-refractivity contribution is -0.139. The molecule has 2 fully saturated rings. The number of imide groups is 1. The molecule has 4 amide bonds. The van der Waals surface area contributed by atoms with Gasteiger partial charge in [-0.3, -0.25) is 14.5 Å². The van der Waals surface area contributed by atoms with Crippen molar-refractivity contribution in [2.75, 3.05) is 13.1 Å². The summed E-state index contributed by atoms with van der Waals surface area (Å²) in [4.78, 5) is 41.8. The third kappa shape index (κ3) is 4.90. The monoisotopic (exact) mass is 474 g/mol. The predicted octanol–water partition coefficient (Wildman–Crippen LogP) is 3.19. The molecule has 0 bridgehead atoms. The molecule has 2 heterocycles. The van der Waals surface area contributed by atoms with Crippen LogP contribution in [0.15, 0.2) is 48.5 Å². The number of rotatable bonds is 6. The van der Waals surface area contributed by atoms with Gasteiger partial charge in [0.1, 0.15) is 12.6 Å². The summed E-state index contributed by atoms with van der Waals surface area (Å²) >= 11 is 12.1. The molecule has 0 saturated carbocycles. The van der Waals surface area contributed by atoms with Gasteiger partial charge in [0.05, 0.1) is 12.6 Å². The molecule has 2 saturated heterocycles. The summed E-state index contributed by atoms with van der Waals surface area (Å²) < 4.78 is 0. The standard InChI is InChI=1S/C23H24Cl2N4O3/c24-17-9-7-15(8-10-17)13-29-22(31)21-19(6-3-11-26-21)28(23(29)32)14-20(30)27-12-16-4-1-2-5-18(16)25/h1-2,4-5,7-10,19,21,26H,3,6,11-14H2,(H,27,30). The normalized spacial score (nSPS) is 20.8. The quantitative estimate of drug-likeness (QED) is 0.673. The maximum atomic E-state index is 13.3. The van der Waals surface area contributed by atoms with E-state index in [0.29, 0.717) is 23.0 Å². The van der Waals surface area contributed by atoms with Crippen LogP contribution in [0, 0.1) is 0 Å². The minimum absolute atomic E-state index is 0.122. The first-order valence-corrected chi connectivity index (χ1v) is 11.3. The Bertz CT molecular complexity index is 1010. The fourth-order valence-corrected chi connectivity index (χ4v) is 4.50. The number of hydrogen-bond acceptors (Lipinski definition) is 4. The number of carbonyl (C=O) groups is 3. The van der Waals surface area contributed by atoms with Crippen LogP contribution >= 0.6 is 23.2 Å². The summed E-state index contributed by atoms with van der Waals surface area (Å²) in [5.74, 6) is -0.564. The molecule has 0 radical (unpaired) electrons. The molecule has 2 aromatic rings. The lowest BCUT2D eigenvalue weighted by Crippen LogP contribution is -2.70. The zero-order valence-corrected chi connectivity index (χ0v) is 18.9. The number of piperidine rings is 1. The SMILES string of the molecule is O=C(CN1C(=O)N(Cc2ccc(Cl)cc2)C(=O)C2NCCCC21)NCc1ccccc1Cl. The van der Waals surface area contributed by atoms with Crippen molar-refractivity contribution in [1.82, 2.24) is 20.4 Å². The van der Waals surface area contributed by atoms with Crippen molar-refractivity contribution >= 4 is 41.0 Å². The van der Waals surface area contributed by atoms with Gasteiger partial charge in [0.25, 0.3) is 0 Å². The van der Waals surface area contributed by atoms with Gasteiger partial charge in [-0.05, 0) is 48.7 Å². The van der Waals surface area contributed by atoms with Crippen molar-refractivity contribution in [2.24, 2.45) is 0 Å². The van der Waals surface area contributed by atoms with Crippen LogP contribution in [0.1, 0.15) is 24.0 Å². The van der Waals surface area contributed by atoms with E-state index in [-0.39, 0.29) is 37.5 Å². The second kappa shape index (κ2) is 9.90. The van der Waals surface area contributed by atoms with Gasteiger partial charge < -0.3 is 15.5 Å². The Morgan fingerprint density at radius 2 is 1.84 bits per heavy atom. The lowest BCUT2D eigenvalue weighted by atomic mass is 9.93. The largest absolute Gasteiger partial charge is 0.350 e. The summed E-state index contributed by atoms with van der Waals surface area (Å²) in [5.41, 5.74) is 1.58. The van der Waals surface area contributed by atoms with Gasteiger partial charge in [-0.1, -0.05) is 53.5 Å². The highest BCUT2D eigenvalue weighted by atomic mass is 35.5. The van der Waals surface area contributed by atoms with E-state index in [1.807, 2.05) is 18.2 Å². The van der Waals surface area contributed by atoms with E-state index in [1.54, 1.807) is 30.3 Å². The van der Waals surface area contributed by atoms with E-state index in [9.17, 15) is 14.4 Å². The summed E-state index contributed by atoms with van der Waals surface area (Å²) in [6, 6.07) is 12.9. The molecule has 2 N–H and O–H groups in total. The molecule has 2 aromatic carbocycles. The number of amides is 4. The summed E-state index contributed by atoms with van der Waals surface area (Å²) in [6.45, 7) is 0.955. The van der Waals surface area contributed by atoms with Gasteiger partial charge >= 0.3 is 6.03 Å². The Morgan fingerprint density at radius 1 is 1.09 bits per heavy atom. The van der Waals surface area contributed by atoms with Crippen LogP contribution in [0.3, 0.4) is 0 Å². The molecule has 168 valence electrons. The Kier molecular flexibility index (Phi) is 6.98. The van der Waals surface area contributed by atoms with Crippen LogP contribution in [0.2, 0.25) is 10.0 Å². The zero-order valence-electron chi connectivity index (χ0n) is 17.4. The van der Waals surface area contributed by atoms with Crippen molar-refractivity contribution in [2.45, 2.75) is 38.0 Å².